The van der Waals surface area contributed by atoms with Crippen molar-refractivity contribution in [1.82, 2.24) is 9.62 Å². The number of β-amino-alcohol motifs (C(OH)–C–C–N with tert-alkyl or cyclic N) is 1. The minimum absolute atomic E-state index is 0.0240. The van der Waals surface area contributed by atoms with Gasteiger partial charge in [0.05, 0.1) is 16.1 Å². The van der Waals surface area contributed by atoms with Crippen LogP contribution in [-0.2, 0) is 21.4 Å². The third-order valence-electron chi connectivity index (χ3n) is 6.78. The molecule has 0 aliphatic carbocycles. The van der Waals surface area contributed by atoms with Crippen molar-refractivity contribution in [2.45, 2.75) is 42.2 Å². The highest BCUT2D eigenvalue weighted by atomic mass is 35.5. The second kappa shape index (κ2) is 10.8. The molecule has 1 aromatic heterocycles. The Hall–Kier alpha value is -2.34. The molecule has 11 heteroatoms. The summed E-state index contributed by atoms with van der Waals surface area (Å²) in [6, 6.07) is 14.7. The number of sulfonamides is 1. The van der Waals surface area contributed by atoms with E-state index in [9.17, 15) is 18.3 Å². The molecule has 5 rings (SSSR count). The van der Waals surface area contributed by atoms with Gasteiger partial charge in [0.1, 0.15) is 10.3 Å². The maximum atomic E-state index is 16.2. The highest BCUT2D eigenvalue weighted by Gasteiger charge is 2.35. The molecule has 2 fully saturated rings. The molecule has 2 N–H and O–H groups in total. The zero-order chi connectivity index (χ0) is 26.2. The van der Waals surface area contributed by atoms with Crippen LogP contribution in [0.3, 0.4) is 0 Å². The SMILES string of the molecule is O=C1C(NS(=O)(=O)c2ccc(Cl)s2)CCCN1c1ccc(-c2ccccc2)c(CN2CCC(O)C2)c1F. The summed E-state index contributed by atoms with van der Waals surface area (Å²) in [6.45, 7) is 1.68. The molecule has 3 heterocycles. The van der Waals surface area contributed by atoms with Crippen LogP contribution in [0.25, 0.3) is 11.1 Å². The number of carbonyl (C=O) groups excluding carboxylic acids is 1. The lowest BCUT2D eigenvalue weighted by atomic mass is 9.96. The van der Waals surface area contributed by atoms with E-state index in [2.05, 4.69) is 4.72 Å². The molecular formula is C26H27ClFN3O4S2. The molecule has 2 atom stereocenters. The van der Waals surface area contributed by atoms with Crippen molar-refractivity contribution in [1.29, 1.82) is 0 Å². The largest absolute Gasteiger partial charge is 0.392 e. The van der Waals surface area contributed by atoms with Gasteiger partial charge in [-0.1, -0.05) is 48.0 Å². The average molecular weight is 564 g/mol. The Balaban J connectivity index is 1.46. The monoisotopic (exact) mass is 563 g/mol. The van der Waals surface area contributed by atoms with Gasteiger partial charge in [0, 0.05) is 31.7 Å². The number of nitrogens with zero attached hydrogens (tertiary/aromatic N) is 2. The summed E-state index contributed by atoms with van der Waals surface area (Å²) in [4.78, 5) is 16.8. The Labute approximate surface area is 224 Å². The van der Waals surface area contributed by atoms with E-state index in [1.807, 2.05) is 41.3 Å². The van der Waals surface area contributed by atoms with Gasteiger partial charge in [0.25, 0.3) is 10.0 Å². The van der Waals surface area contributed by atoms with Crippen molar-refractivity contribution in [3.8, 4) is 11.1 Å². The van der Waals surface area contributed by atoms with E-state index in [4.69, 9.17) is 11.6 Å². The summed E-state index contributed by atoms with van der Waals surface area (Å²) in [5.74, 6) is -1.00. The topological polar surface area (TPSA) is 90.0 Å². The number of likely N-dealkylation sites (tertiary alicyclic amines) is 1. The number of rotatable bonds is 7. The molecule has 0 radical (unpaired) electrons. The summed E-state index contributed by atoms with van der Waals surface area (Å²) >= 11 is 6.80. The van der Waals surface area contributed by atoms with Crippen molar-refractivity contribution in [2.24, 2.45) is 0 Å². The van der Waals surface area contributed by atoms with Gasteiger partial charge in [-0.05, 0) is 48.6 Å². The Morgan fingerprint density at radius 3 is 2.54 bits per heavy atom. The first-order valence-electron chi connectivity index (χ1n) is 12.1. The Kier molecular flexibility index (Phi) is 7.67. The van der Waals surface area contributed by atoms with Gasteiger partial charge in [0.2, 0.25) is 5.91 Å². The molecule has 2 unspecified atom stereocenters. The van der Waals surface area contributed by atoms with Crippen LogP contribution in [0.15, 0.2) is 58.8 Å². The number of hydrogen-bond acceptors (Lipinski definition) is 6. The van der Waals surface area contributed by atoms with Crippen LogP contribution in [0.4, 0.5) is 10.1 Å². The molecule has 2 aliphatic heterocycles. The standard InChI is InChI=1S/C26H27ClFN3O4S2/c27-23-10-11-24(36-23)37(34,35)29-21-7-4-13-31(26(21)33)22-9-8-19(17-5-2-1-3-6-17)20(25(22)28)16-30-14-12-18(32)15-30/h1-3,5-6,8-11,18,21,29,32H,4,7,12-16H2. The van der Waals surface area contributed by atoms with E-state index in [-0.39, 0.29) is 23.0 Å². The van der Waals surface area contributed by atoms with E-state index in [1.165, 1.54) is 17.0 Å². The fraction of sp³-hybridized carbons (Fsp3) is 0.346. The van der Waals surface area contributed by atoms with Crippen molar-refractivity contribution >= 4 is 44.6 Å². The molecule has 3 aromatic rings. The number of carbonyl (C=O) groups is 1. The lowest BCUT2D eigenvalue weighted by Crippen LogP contribution is -2.52. The quantitative estimate of drug-likeness (QED) is 0.449. The van der Waals surface area contributed by atoms with E-state index in [0.29, 0.717) is 42.3 Å². The van der Waals surface area contributed by atoms with Gasteiger partial charge in [-0.2, -0.15) is 4.72 Å². The fourth-order valence-corrected chi connectivity index (χ4v) is 7.67. The maximum absolute atomic E-state index is 16.2. The van der Waals surface area contributed by atoms with Crippen LogP contribution in [-0.4, -0.2) is 56.1 Å². The first kappa shape index (κ1) is 26.3. The zero-order valence-corrected chi connectivity index (χ0v) is 22.3. The number of hydrogen-bond donors (Lipinski definition) is 2. The molecular weight excluding hydrogens is 537 g/mol. The molecule has 2 aliphatic rings. The van der Waals surface area contributed by atoms with E-state index >= 15 is 4.39 Å². The number of anilines is 1. The maximum Gasteiger partial charge on any atom is 0.250 e. The summed E-state index contributed by atoms with van der Waals surface area (Å²) < 4.78 is 44.7. The van der Waals surface area contributed by atoms with Crippen molar-refractivity contribution in [3.05, 3.63) is 70.3 Å². The first-order valence-corrected chi connectivity index (χ1v) is 14.8. The van der Waals surface area contributed by atoms with Crippen LogP contribution in [0.5, 0.6) is 0 Å². The molecule has 2 saturated heterocycles. The number of benzene rings is 2. The molecule has 37 heavy (non-hydrogen) atoms. The van der Waals surface area contributed by atoms with Gasteiger partial charge in [-0.25, -0.2) is 12.8 Å². The summed E-state index contributed by atoms with van der Waals surface area (Å²) in [6.07, 6.45) is 1.01. The van der Waals surface area contributed by atoms with Crippen LogP contribution in [0, 0.1) is 5.82 Å². The van der Waals surface area contributed by atoms with Crippen LogP contribution in [0.1, 0.15) is 24.8 Å². The minimum atomic E-state index is -3.95. The molecule has 196 valence electrons. The number of aliphatic hydroxyl groups excluding tert-OH is 1. The lowest BCUT2D eigenvalue weighted by molar-refractivity contribution is -0.121. The average Bonchev–Trinajstić information content (AvgIpc) is 3.51. The second-order valence-electron chi connectivity index (χ2n) is 9.33. The van der Waals surface area contributed by atoms with Gasteiger partial charge in [0.15, 0.2) is 5.82 Å². The van der Waals surface area contributed by atoms with Crippen molar-refractivity contribution in [2.75, 3.05) is 24.5 Å². The number of nitrogens with one attached hydrogen (secondary N) is 1. The number of thiophene rings is 1. The molecule has 1 amide bonds. The Morgan fingerprint density at radius 2 is 1.86 bits per heavy atom. The predicted molar refractivity (Wildman–Crippen MR) is 143 cm³/mol. The normalized spacial score (nSPS) is 21.1. The van der Waals surface area contributed by atoms with Gasteiger partial charge in [-0.15, -0.1) is 11.3 Å². The van der Waals surface area contributed by atoms with E-state index in [0.717, 1.165) is 22.5 Å². The predicted octanol–water partition coefficient (Wildman–Crippen LogP) is 4.25. The summed E-state index contributed by atoms with van der Waals surface area (Å²) in [5.41, 5.74) is 2.15. The molecule has 0 spiro atoms. The third kappa shape index (κ3) is 5.59. The highest BCUT2D eigenvalue weighted by Crippen LogP contribution is 2.35. The Morgan fingerprint density at radius 1 is 1.08 bits per heavy atom. The van der Waals surface area contributed by atoms with Crippen LogP contribution < -0.4 is 9.62 Å². The van der Waals surface area contributed by atoms with Crippen LogP contribution >= 0.6 is 22.9 Å². The number of aliphatic hydroxyl groups is 1. The lowest BCUT2D eigenvalue weighted by Gasteiger charge is -2.33. The summed E-state index contributed by atoms with van der Waals surface area (Å²) in [5, 5.41) is 9.98. The number of amides is 1. The molecule has 2 aromatic carbocycles. The molecule has 7 nitrogen and oxygen atoms in total. The number of piperidine rings is 1. The summed E-state index contributed by atoms with van der Waals surface area (Å²) in [7, 11) is -3.95. The third-order valence-corrected chi connectivity index (χ3v) is 9.97. The first-order chi connectivity index (χ1) is 17.7. The smallest absolute Gasteiger partial charge is 0.250 e. The van der Waals surface area contributed by atoms with Gasteiger partial charge in [-0.3, -0.25) is 9.69 Å². The zero-order valence-electron chi connectivity index (χ0n) is 19.9. The van der Waals surface area contributed by atoms with Crippen LogP contribution in [0.2, 0.25) is 4.34 Å². The van der Waals surface area contributed by atoms with Gasteiger partial charge >= 0.3 is 0 Å². The van der Waals surface area contributed by atoms with E-state index < -0.39 is 33.9 Å². The second-order valence-corrected chi connectivity index (χ2v) is 13.0. The Bertz CT molecular complexity index is 1400. The van der Waals surface area contributed by atoms with Gasteiger partial charge < -0.3 is 10.0 Å². The number of halogens is 2. The fourth-order valence-electron chi connectivity index (χ4n) is 4.95. The molecule has 0 saturated carbocycles. The van der Waals surface area contributed by atoms with E-state index in [1.54, 1.807) is 6.07 Å². The van der Waals surface area contributed by atoms with Crippen molar-refractivity contribution < 1.29 is 22.7 Å². The molecule has 0 bridgehead atoms. The minimum Gasteiger partial charge on any atom is -0.392 e. The van der Waals surface area contributed by atoms with Crippen molar-refractivity contribution in [3.63, 3.8) is 0 Å². The highest BCUT2D eigenvalue weighted by molar-refractivity contribution is 7.91.